The molecule has 70 valence electrons. The Morgan fingerprint density at radius 3 is 3.00 bits per heavy atom. The van der Waals surface area contributed by atoms with Crippen LogP contribution >= 0.6 is 0 Å². The maximum Gasteiger partial charge on any atom is 0.236 e. The normalized spacial score (nSPS) is 30.8. The third-order valence-corrected chi connectivity index (χ3v) is 2.47. The molecule has 0 saturated carbocycles. The number of hydrogen-bond acceptors (Lipinski definition) is 2. The molecule has 0 aromatic carbocycles. The number of carbonyl (C=O) groups is 1. The number of hydrogen-bond donors (Lipinski definition) is 2. The lowest BCUT2D eigenvalue weighted by Crippen LogP contribution is -2.42. The van der Waals surface area contributed by atoms with Gasteiger partial charge in [0.05, 0.1) is 6.04 Å². The molecule has 2 N–H and O–H groups in total. The molecule has 0 aliphatic carbocycles. The zero-order valence-corrected chi connectivity index (χ0v) is 7.89. The first-order valence-electron chi connectivity index (χ1n) is 4.69. The van der Waals surface area contributed by atoms with Crippen LogP contribution in [0.4, 0.5) is 0 Å². The van der Waals surface area contributed by atoms with Crippen LogP contribution < -0.4 is 10.6 Å². The average molecular weight is 170 g/mol. The lowest BCUT2D eigenvalue weighted by atomic mass is 9.99. The molecular formula is C9H18N2O. The fraction of sp³-hybridized carbons (Fsp3) is 0.889. The van der Waals surface area contributed by atoms with Gasteiger partial charge in [-0.25, -0.2) is 0 Å². The number of rotatable bonds is 1. The van der Waals surface area contributed by atoms with Gasteiger partial charge in [-0.2, -0.15) is 0 Å². The van der Waals surface area contributed by atoms with Crippen molar-refractivity contribution >= 4 is 5.91 Å². The van der Waals surface area contributed by atoms with E-state index in [1.807, 2.05) is 0 Å². The predicted octanol–water partition coefficient (Wildman–Crippen LogP) is 0.511. The first-order valence-corrected chi connectivity index (χ1v) is 4.69. The van der Waals surface area contributed by atoms with Crippen molar-refractivity contribution in [3.8, 4) is 0 Å². The molecule has 0 spiro atoms. The van der Waals surface area contributed by atoms with Crippen LogP contribution in [0.15, 0.2) is 0 Å². The fourth-order valence-corrected chi connectivity index (χ4v) is 1.70. The Bertz CT molecular complexity index is 159. The van der Waals surface area contributed by atoms with Gasteiger partial charge in [0.25, 0.3) is 0 Å². The van der Waals surface area contributed by atoms with Crippen LogP contribution in [0.5, 0.6) is 0 Å². The predicted molar refractivity (Wildman–Crippen MR) is 48.9 cm³/mol. The average Bonchev–Trinajstić information content (AvgIpc) is 2.28. The topological polar surface area (TPSA) is 41.1 Å². The molecular weight excluding hydrogens is 152 g/mol. The van der Waals surface area contributed by atoms with E-state index in [-0.39, 0.29) is 11.9 Å². The minimum Gasteiger partial charge on any atom is -0.358 e. The fourth-order valence-electron chi connectivity index (χ4n) is 1.70. The molecule has 1 saturated heterocycles. The Morgan fingerprint density at radius 1 is 1.58 bits per heavy atom. The molecule has 1 amide bonds. The van der Waals surface area contributed by atoms with E-state index in [1.165, 1.54) is 12.8 Å². The van der Waals surface area contributed by atoms with Crippen molar-refractivity contribution in [2.75, 3.05) is 13.6 Å². The summed E-state index contributed by atoms with van der Waals surface area (Å²) in [6.07, 6.45) is 3.40. The third-order valence-electron chi connectivity index (χ3n) is 2.47. The van der Waals surface area contributed by atoms with Crippen molar-refractivity contribution in [2.24, 2.45) is 5.92 Å². The molecule has 1 heterocycles. The standard InChI is InChI=1S/C9H18N2O/c1-7-4-3-5-11-8(6-7)9(12)10-2/h7-8,11H,3-6H2,1-2H3,(H,10,12)/t7?,8-/m0/s1. The van der Waals surface area contributed by atoms with Crippen molar-refractivity contribution < 1.29 is 4.79 Å². The molecule has 1 unspecified atom stereocenters. The van der Waals surface area contributed by atoms with Crippen LogP contribution in [0.2, 0.25) is 0 Å². The largest absolute Gasteiger partial charge is 0.358 e. The van der Waals surface area contributed by atoms with Crippen LogP contribution in [0.1, 0.15) is 26.2 Å². The summed E-state index contributed by atoms with van der Waals surface area (Å²) in [5, 5.41) is 5.93. The highest BCUT2D eigenvalue weighted by molar-refractivity contribution is 5.81. The molecule has 1 aliphatic heterocycles. The summed E-state index contributed by atoms with van der Waals surface area (Å²) in [5.74, 6) is 0.797. The Morgan fingerprint density at radius 2 is 2.33 bits per heavy atom. The molecule has 0 aromatic rings. The van der Waals surface area contributed by atoms with E-state index in [2.05, 4.69) is 17.6 Å². The Hall–Kier alpha value is -0.570. The van der Waals surface area contributed by atoms with Gasteiger partial charge in [-0.1, -0.05) is 6.92 Å². The molecule has 1 rings (SSSR count). The second-order valence-corrected chi connectivity index (χ2v) is 3.60. The Labute approximate surface area is 73.9 Å². The summed E-state index contributed by atoms with van der Waals surface area (Å²) in [7, 11) is 1.69. The Balaban J connectivity index is 2.46. The molecule has 0 radical (unpaired) electrons. The highest BCUT2D eigenvalue weighted by Crippen LogP contribution is 2.15. The summed E-state index contributed by atoms with van der Waals surface area (Å²) in [6, 6.07) is 0.0347. The van der Waals surface area contributed by atoms with Crippen molar-refractivity contribution in [2.45, 2.75) is 32.2 Å². The molecule has 3 heteroatoms. The van der Waals surface area contributed by atoms with Crippen LogP contribution in [0.3, 0.4) is 0 Å². The number of nitrogens with one attached hydrogen (secondary N) is 2. The van der Waals surface area contributed by atoms with Gasteiger partial charge in [0.15, 0.2) is 0 Å². The van der Waals surface area contributed by atoms with Gasteiger partial charge in [0, 0.05) is 7.05 Å². The summed E-state index contributed by atoms with van der Waals surface area (Å²) in [5.41, 5.74) is 0. The van der Waals surface area contributed by atoms with Crippen LogP contribution in [-0.2, 0) is 4.79 Å². The lowest BCUT2D eigenvalue weighted by Gasteiger charge is -2.15. The number of amides is 1. The smallest absolute Gasteiger partial charge is 0.236 e. The maximum absolute atomic E-state index is 11.3. The monoisotopic (exact) mass is 170 g/mol. The van der Waals surface area contributed by atoms with E-state index in [9.17, 15) is 4.79 Å². The summed E-state index contributed by atoms with van der Waals surface area (Å²) in [6.45, 7) is 3.19. The van der Waals surface area contributed by atoms with E-state index in [1.54, 1.807) is 7.05 Å². The van der Waals surface area contributed by atoms with Crippen molar-refractivity contribution in [1.29, 1.82) is 0 Å². The first kappa shape index (κ1) is 9.52. The molecule has 1 fully saturated rings. The molecule has 3 nitrogen and oxygen atoms in total. The second kappa shape index (κ2) is 4.45. The van der Waals surface area contributed by atoms with E-state index < -0.39 is 0 Å². The van der Waals surface area contributed by atoms with Crippen LogP contribution in [-0.4, -0.2) is 25.5 Å². The highest BCUT2D eigenvalue weighted by Gasteiger charge is 2.21. The van der Waals surface area contributed by atoms with Gasteiger partial charge in [-0.05, 0) is 31.7 Å². The molecule has 0 aromatic heterocycles. The van der Waals surface area contributed by atoms with Gasteiger partial charge in [-0.3, -0.25) is 4.79 Å². The lowest BCUT2D eigenvalue weighted by molar-refractivity contribution is -0.122. The van der Waals surface area contributed by atoms with Gasteiger partial charge in [0.1, 0.15) is 0 Å². The Kier molecular flexibility index (Phi) is 3.53. The van der Waals surface area contributed by atoms with E-state index >= 15 is 0 Å². The summed E-state index contributed by atoms with van der Waals surface area (Å²) < 4.78 is 0. The number of likely N-dealkylation sites (N-methyl/N-ethyl adjacent to an activating group) is 1. The quantitative estimate of drug-likeness (QED) is 0.602. The highest BCUT2D eigenvalue weighted by atomic mass is 16.2. The molecule has 2 atom stereocenters. The summed E-state index contributed by atoms with van der Waals surface area (Å²) >= 11 is 0. The first-order chi connectivity index (χ1) is 5.74. The SMILES string of the molecule is CNC(=O)[C@@H]1CC(C)CCCN1. The second-order valence-electron chi connectivity index (χ2n) is 3.60. The zero-order chi connectivity index (χ0) is 8.97. The maximum atomic E-state index is 11.3. The minimum atomic E-state index is 0.0347. The number of carbonyl (C=O) groups excluding carboxylic acids is 1. The van der Waals surface area contributed by atoms with Crippen LogP contribution in [0, 0.1) is 5.92 Å². The molecule has 12 heavy (non-hydrogen) atoms. The van der Waals surface area contributed by atoms with Gasteiger partial charge >= 0.3 is 0 Å². The zero-order valence-electron chi connectivity index (χ0n) is 7.89. The van der Waals surface area contributed by atoms with Gasteiger partial charge in [0.2, 0.25) is 5.91 Å². The molecule has 0 bridgehead atoms. The minimum absolute atomic E-state index is 0.0347. The van der Waals surface area contributed by atoms with Crippen LogP contribution in [0.25, 0.3) is 0 Å². The summed E-state index contributed by atoms with van der Waals surface area (Å²) in [4.78, 5) is 11.3. The van der Waals surface area contributed by atoms with Crippen molar-refractivity contribution in [1.82, 2.24) is 10.6 Å². The van der Waals surface area contributed by atoms with E-state index in [0.29, 0.717) is 5.92 Å². The van der Waals surface area contributed by atoms with Crippen molar-refractivity contribution in [3.05, 3.63) is 0 Å². The van der Waals surface area contributed by atoms with Gasteiger partial charge < -0.3 is 10.6 Å². The molecule has 1 aliphatic rings. The van der Waals surface area contributed by atoms with Crippen molar-refractivity contribution in [3.63, 3.8) is 0 Å². The van der Waals surface area contributed by atoms with E-state index in [4.69, 9.17) is 0 Å². The third kappa shape index (κ3) is 2.48. The van der Waals surface area contributed by atoms with Gasteiger partial charge in [-0.15, -0.1) is 0 Å². The van der Waals surface area contributed by atoms with E-state index in [0.717, 1.165) is 13.0 Å².